The molecule has 0 unspecified atom stereocenters. The van der Waals surface area contributed by atoms with Gasteiger partial charge in [-0.1, -0.05) is 23.4 Å². The van der Waals surface area contributed by atoms with Crippen LogP contribution in [0.15, 0.2) is 41.6 Å². The summed E-state index contributed by atoms with van der Waals surface area (Å²) in [5.41, 5.74) is 2.25. The van der Waals surface area contributed by atoms with Gasteiger partial charge < -0.3 is 14.3 Å². The molecule has 0 saturated heterocycles. The normalized spacial score (nSPS) is 10.5. The van der Waals surface area contributed by atoms with Crippen molar-refractivity contribution >= 4 is 28.8 Å². The molecule has 2 aromatic rings. The van der Waals surface area contributed by atoms with Gasteiger partial charge in [-0.25, -0.2) is 0 Å². The number of hydrogen-bond donors (Lipinski definition) is 0. The highest BCUT2D eigenvalue weighted by molar-refractivity contribution is 14.1. The zero-order valence-electron chi connectivity index (χ0n) is 14.2. The number of benzene rings is 2. The third-order valence-corrected chi connectivity index (χ3v) is 4.06. The van der Waals surface area contributed by atoms with Crippen LogP contribution in [0.2, 0.25) is 0 Å². The second-order valence-corrected chi connectivity index (χ2v) is 6.14. The quantitative estimate of drug-likeness (QED) is 0.337. The first-order chi connectivity index (χ1) is 12.2. The topological polar surface area (TPSA) is 63.8 Å². The molecule has 0 atom stereocenters. The van der Waals surface area contributed by atoms with Gasteiger partial charge in [0.1, 0.15) is 6.61 Å². The summed E-state index contributed by atoms with van der Waals surface area (Å²) in [6, 6.07) is 13.2. The average molecular weight is 450 g/mol. The highest BCUT2D eigenvalue weighted by Gasteiger charge is 2.11. The molecule has 0 aliphatic rings. The molecule has 0 bridgehead atoms. The van der Waals surface area contributed by atoms with Crippen LogP contribution in [0.3, 0.4) is 0 Å². The van der Waals surface area contributed by atoms with Gasteiger partial charge in [0.25, 0.3) is 0 Å². The van der Waals surface area contributed by atoms with E-state index in [0.717, 1.165) is 20.4 Å². The standard InChI is InChI=1S/C19H19IN2O3/c1-3-23-18-10-14(9-17(20)19(18)24-4-2)12-22-25-13-16-8-6-5-7-15(16)11-21/h5-10,12H,3-4,13H2,1-2H3/b22-12-. The van der Waals surface area contributed by atoms with Crippen LogP contribution in [0.1, 0.15) is 30.5 Å². The van der Waals surface area contributed by atoms with Gasteiger partial charge in [0.05, 0.1) is 34.6 Å². The first-order valence-electron chi connectivity index (χ1n) is 7.92. The fourth-order valence-electron chi connectivity index (χ4n) is 2.17. The summed E-state index contributed by atoms with van der Waals surface area (Å²) in [5.74, 6) is 1.43. The van der Waals surface area contributed by atoms with Crippen molar-refractivity contribution in [2.45, 2.75) is 20.5 Å². The molecule has 25 heavy (non-hydrogen) atoms. The number of nitrogens with zero attached hydrogens (tertiary/aromatic N) is 2. The van der Waals surface area contributed by atoms with E-state index in [2.05, 4.69) is 33.8 Å². The second-order valence-electron chi connectivity index (χ2n) is 4.97. The SMILES string of the molecule is CCOc1cc(/C=N\OCc2ccccc2C#N)cc(I)c1OCC. The molecule has 0 spiro atoms. The van der Waals surface area contributed by atoms with E-state index in [9.17, 15) is 0 Å². The monoisotopic (exact) mass is 450 g/mol. The van der Waals surface area contributed by atoms with E-state index in [1.165, 1.54) is 0 Å². The Hall–Kier alpha value is -2.27. The predicted molar refractivity (Wildman–Crippen MR) is 105 cm³/mol. The maximum Gasteiger partial charge on any atom is 0.174 e. The van der Waals surface area contributed by atoms with Crippen LogP contribution in [0.5, 0.6) is 11.5 Å². The number of halogens is 1. The first-order valence-corrected chi connectivity index (χ1v) is 8.99. The Kier molecular flexibility index (Phi) is 7.54. The lowest BCUT2D eigenvalue weighted by Crippen LogP contribution is -2.01. The summed E-state index contributed by atoms with van der Waals surface area (Å²) in [7, 11) is 0. The predicted octanol–water partition coefficient (Wildman–Crippen LogP) is 4.51. The van der Waals surface area contributed by atoms with Crippen LogP contribution in [-0.4, -0.2) is 19.4 Å². The van der Waals surface area contributed by atoms with Crippen LogP contribution in [-0.2, 0) is 11.4 Å². The Labute approximate surface area is 161 Å². The Balaban J connectivity index is 2.09. The fourth-order valence-corrected chi connectivity index (χ4v) is 2.95. The number of ether oxygens (including phenoxy) is 2. The first kappa shape index (κ1) is 19.1. The molecule has 0 heterocycles. The molecule has 6 heteroatoms. The molecule has 0 amide bonds. The maximum absolute atomic E-state index is 9.06. The molecule has 0 aliphatic heterocycles. The van der Waals surface area contributed by atoms with Gasteiger partial charge >= 0.3 is 0 Å². The van der Waals surface area contributed by atoms with E-state index >= 15 is 0 Å². The van der Waals surface area contributed by atoms with E-state index in [4.69, 9.17) is 19.6 Å². The molecule has 0 radical (unpaired) electrons. The highest BCUT2D eigenvalue weighted by Crippen LogP contribution is 2.33. The highest BCUT2D eigenvalue weighted by atomic mass is 127. The van der Waals surface area contributed by atoms with Gasteiger partial charge in [0.15, 0.2) is 11.5 Å². The lowest BCUT2D eigenvalue weighted by molar-refractivity contribution is 0.132. The summed E-state index contributed by atoms with van der Waals surface area (Å²) in [6.45, 7) is 5.24. The Bertz CT molecular complexity index is 785. The minimum atomic E-state index is 0.243. The Morgan fingerprint density at radius 2 is 1.92 bits per heavy atom. The molecule has 2 aromatic carbocycles. The molecule has 0 aromatic heterocycles. The van der Waals surface area contributed by atoms with Crippen LogP contribution < -0.4 is 9.47 Å². The number of hydrogen-bond acceptors (Lipinski definition) is 5. The van der Waals surface area contributed by atoms with E-state index in [1.807, 2.05) is 44.2 Å². The van der Waals surface area contributed by atoms with Gasteiger partial charge in [0.2, 0.25) is 0 Å². The number of rotatable bonds is 8. The van der Waals surface area contributed by atoms with E-state index < -0.39 is 0 Å². The maximum atomic E-state index is 9.06. The Morgan fingerprint density at radius 1 is 1.16 bits per heavy atom. The molecule has 0 fully saturated rings. The molecule has 5 nitrogen and oxygen atoms in total. The minimum absolute atomic E-state index is 0.243. The summed E-state index contributed by atoms with van der Waals surface area (Å²) >= 11 is 2.21. The van der Waals surface area contributed by atoms with Gasteiger partial charge in [-0.2, -0.15) is 5.26 Å². The van der Waals surface area contributed by atoms with Gasteiger partial charge in [-0.15, -0.1) is 0 Å². The second kappa shape index (κ2) is 9.89. The van der Waals surface area contributed by atoms with Crippen LogP contribution in [0.4, 0.5) is 0 Å². The van der Waals surface area contributed by atoms with E-state index in [1.54, 1.807) is 12.3 Å². The van der Waals surface area contributed by atoms with Crippen molar-refractivity contribution in [1.82, 2.24) is 0 Å². The van der Waals surface area contributed by atoms with Crippen molar-refractivity contribution in [3.05, 3.63) is 56.7 Å². The molecule has 130 valence electrons. The lowest BCUT2D eigenvalue weighted by Gasteiger charge is -2.13. The van der Waals surface area contributed by atoms with Crippen molar-refractivity contribution < 1.29 is 14.3 Å². The van der Waals surface area contributed by atoms with Crippen molar-refractivity contribution in [3.8, 4) is 17.6 Å². The largest absolute Gasteiger partial charge is 0.490 e. The minimum Gasteiger partial charge on any atom is -0.490 e. The number of nitriles is 1. The third kappa shape index (κ3) is 5.36. The molecule has 0 N–H and O–H groups in total. The van der Waals surface area contributed by atoms with Crippen LogP contribution >= 0.6 is 22.6 Å². The van der Waals surface area contributed by atoms with Crippen molar-refractivity contribution in [3.63, 3.8) is 0 Å². The van der Waals surface area contributed by atoms with Crippen molar-refractivity contribution in [2.75, 3.05) is 13.2 Å². The molecule has 0 aliphatic carbocycles. The van der Waals surface area contributed by atoms with Crippen LogP contribution in [0, 0.1) is 14.9 Å². The van der Waals surface area contributed by atoms with Gasteiger partial charge in [0, 0.05) is 11.1 Å². The fraction of sp³-hybridized carbons (Fsp3) is 0.263. The molecular weight excluding hydrogens is 431 g/mol. The molecule has 2 rings (SSSR count). The third-order valence-electron chi connectivity index (χ3n) is 3.25. The van der Waals surface area contributed by atoms with Gasteiger partial charge in [-0.3, -0.25) is 0 Å². The smallest absolute Gasteiger partial charge is 0.174 e. The van der Waals surface area contributed by atoms with Crippen molar-refractivity contribution in [1.29, 1.82) is 5.26 Å². The van der Waals surface area contributed by atoms with E-state index in [-0.39, 0.29) is 6.61 Å². The number of oxime groups is 1. The van der Waals surface area contributed by atoms with Crippen molar-refractivity contribution in [2.24, 2.45) is 5.16 Å². The van der Waals surface area contributed by atoms with Crippen LogP contribution in [0.25, 0.3) is 0 Å². The summed E-state index contributed by atoms with van der Waals surface area (Å²) in [5, 5.41) is 13.1. The summed E-state index contributed by atoms with van der Waals surface area (Å²) in [6.07, 6.45) is 1.62. The van der Waals surface area contributed by atoms with E-state index in [0.29, 0.717) is 24.5 Å². The van der Waals surface area contributed by atoms with Gasteiger partial charge in [-0.05, 0) is 54.6 Å². The zero-order valence-corrected chi connectivity index (χ0v) is 16.3. The Morgan fingerprint density at radius 3 is 2.64 bits per heavy atom. The molecule has 0 saturated carbocycles. The average Bonchev–Trinajstić information content (AvgIpc) is 2.62. The zero-order chi connectivity index (χ0) is 18.1. The molecular formula is C19H19IN2O3. The summed E-state index contributed by atoms with van der Waals surface area (Å²) < 4.78 is 12.2. The summed E-state index contributed by atoms with van der Waals surface area (Å²) in [4.78, 5) is 5.33. The lowest BCUT2D eigenvalue weighted by atomic mass is 10.1.